The number of hydrogen-bond donors (Lipinski definition) is 2. The van der Waals surface area contributed by atoms with Gasteiger partial charge >= 0.3 is 0 Å². The molecule has 0 saturated heterocycles. The standard InChI is InChI=1S/C11H10N4S/c1-2-6(1)10-13-11(15-14-10)8-5-9-7(12-8)3-4-16-9/h3-6,12H,1-2H2,(H,13,14,15). The summed E-state index contributed by atoms with van der Waals surface area (Å²) < 4.78 is 1.26. The van der Waals surface area contributed by atoms with E-state index in [1.807, 2.05) is 0 Å². The Labute approximate surface area is 95.7 Å². The number of rotatable bonds is 2. The summed E-state index contributed by atoms with van der Waals surface area (Å²) in [5.41, 5.74) is 2.17. The van der Waals surface area contributed by atoms with Crippen LogP contribution >= 0.6 is 11.3 Å². The van der Waals surface area contributed by atoms with Gasteiger partial charge in [0, 0.05) is 5.92 Å². The van der Waals surface area contributed by atoms with Crippen LogP contribution < -0.4 is 0 Å². The van der Waals surface area contributed by atoms with Gasteiger partial charge in [0.1, 0.15) is 5.82 Å². The maximum absolute atomic E-state index is 4.52. The van der Waals surface area contributed by atoms with E-state index in [2.05, 4.69) is 37.7 Å². The minimum Gasteiger partial charge on any atom is -0.351 e. The van der Waals surface area contributed by atoms with Gasteiger partial charge in [-0.05, 0) is 30.4 Å². The Kier molecular flexibility index (Phi) is 1.57. The summed E-state index contributed by atoms with van der Waals surface area (Å²) in [6.07, 6.45) is 2.49. The molecular formula is C11H10N4S. The quantitative estimate of drug-likeness (QED) is 0.711. The minimum absolute atomic E-state index is 0.623. The maximum Gasteiger partial charge on any atom is 0.197 e. The topological polar surface area (TPSA) is 57.4 Å². The fraction of sp³-hybridized carbons (Fsp3) is 0.273. The summed E-state index contributed by atoms with van der Waals surface area (Å²) in [7, 11) is 0. The molecule has 0 amide bonds. The van der Waals surface area contributed by atoms with E-state index in [0.717, 1.165) is 22.9 Å². The number of hydrogen-bond acceptors (Lipinski definition) is 3. The highest BCUT2D eigenvalue weighted by Crippen LogP contribution is 2.38. The zero-order chi connectivity index (χ0) is 10.5. The van der Waals surface area contributed by atoms with Crippen molar-refractivity contribution in [3.05, 3.63) is 23.3 Å². The van der Waals surface area contributed by atoms with Crippen LogP contribution in [0.2, 0.25) is 0 Å². The molecule has 0 unspecified atom stereocenters. The van der Waals surface area contributed by atoms with Crippen molar-refractivity contribution >= 4 is 21.6 Å². The van der Waals surface area contributed by atoms with E-state index in [0.29, 0.717) is 5.92 Å². The van der Waals surface area contributed by atoms with Gasteiger partial charge in [0.2, 0.25) is 0 Å². The van der Waals surface area contributed by atoms with E-state index in [9.17, 15) is 0 Å². The molecular weight excluding hydrogens is 220 g/mol. The van der Waals surface area contributed by atoms with E-state index < -0.39 is 0 Å². The lowest BCUT2D eigenvalue weighted by Gasteiger charge is -1.87. The van der Waals surface area contributed by atoms with Crippen LogP contribution in [0.25, 0.3) is 21.7 Å². The number of nitrogens with zero attached hydrogens (tertiary/aromatic N) is 2. The highest BCUT2D eigenvalue weighted by atomic mass is 32.1. The molecule has 1 aliphatic carbocycles. The predicted octanol–water partition coefficient (Wildman–Crippen LogP) is 2.89. The Morgan fingerprint density at radius 1 is 1.38 bits per heavy atom. The fourth-order valence-corrected chi connectivity index (χ4v) is 2.69. The van der Waals surface area contributed by atoms with E-state index in [-0.39, 0.29) is 0 Å². The SMILES string of the molecule is c1cc2[nH]c(-c3n[nH]c(C4CC4)n3)cc2s1. The Morgan fingerprint density at radius 3 is 3.12 bits per heavy atom. The Balaban J connectivity index is 1.79. The molecule has 3 aromatic rings. The number of fused-ring (bicyclic) bond motifs is 1. The van der Waals surface area contributed by atoms with Crippen LogP contribution in [-0.2, 0) is 0 Å². The number of aromatic amines is 2. The van der Waals surface area contributed by atoms with Crippen LogP contribution in [0.15, 0.2) is 17.5 Å². The third-order valence-electron chi connectivity index (χ3n) is 2.95. The molecule has 16 heavy (non-hydrogen) atoms. The van der Waals surface area contributed by atoms with Crippen molar-refractivity contribution in [3.63, 3.8) is 0 Å². The Bertz CT molecular complexity index is 615. The van der Waals surface area contributed by atoms with Gasteiger partial charge in [-0.2, -0.15) is 5.10 Å². The second kappa shape index (κ2) is 2.95. The summed E-state index contributed by atoms with van der Waals surface area (Å²) in [5.74, 6) is 2.44. The van der Waals surface area contributed by atoms with Crippen LogP contribution in [0.1, 0.15) is 24.6 Å². The van der Waals surface area contributed by atoms with Gasteiger partial charge in [0.25, 0.3) is 0 Å². The molecule has 5 heteroatoms. The van der Waals surface area contributed by atoms with Gasteiger partial charge in [-0.25, -0.2) is 4.98 Å². The monoisotopic (exact) mass is 230 g/mol. The lowest BCUT2D eigenvalue weighted by molar-refractivity contribution is 0.935. The molecule has 1 fully saturated rings. The first kappa shape index (κ1) is 8.52. The summed E-state index contributed by atoms with van der Waals surface area (Å²) >= 11 is 1.73. The third-order valence-corrected chi connectivity index (χ3v) is 3.81. The molecule has 0 atom stereocenters. The molecule has 3 heterocycles. The average molecular weight is 230 g/mol. The van der Waals surface area contributed by atoms with Crippen LogP contribution in [0, 0.1) is 0 Å². The first-order chi connectivity index (χ1) is 7.90. The molecule has 2 N–H and O–H groups in total. The third kappa shape index (κ3) is 1.21. The summed E-state index contributed by atoms with van der Waals surface area (Å²) in [4.78, 5) is 7.85. The Hall–Kier alpha value is -1.62. The fourth-order valence-electron chi connectivity index (χ4n) is 1.90. The van der Waals surface area contributed by atoms with Gasteiger partial charge in [0.05, 0.1) is 15.9 Å². The predicted molar refractivity (Wildman–Crippen MR) is 63.5 cm³/mol. The number of H-pyrrole nitrogens is 2. The lowest BCUT2D eigenvalue weighted by Crippen LogP contribution is -1.82. The second-order valence-corrected chi connectivity index (χ2v) is 5.15. The molecule has 0 spiro atoms. The van der Waals surface area contributed by atoms with Gasteiger partial charge < -0.3 is 4.98 Å². The van der Waals surface area contributed by atoms with Gasteiger partial charge in [0.15, 0.2) is 5.82 Å². The molecule has 1 saturated carbocycles. The zero-order valence-corrected chi connectivity index (χ0v) is 9.34. The summed E-state index contributed by atoms with van der Waals surface area (Å²) in [6.45, 7) is 0. The molecule has 0 radical (unpaired) electrons. The van der Waals surface area contributed by atoms with Crippen molar-refractivity contribution in [2.75, 3.05) is 0 Å². The molecule has 0 aliphatic heterocycles. The molecule has 0 aromatic carbocycles. The molecule has 80 valence electrons. The van der Waals surface area contributed by atoms with E-state index in [1.165, 1.54) is 17.5 Å². The zero-order valence-electron chi connectivity index (χ0n) is 8.53. The maximum atomic E-state index is 4.52. The number of thiophene rings is 1. The first-order valence-corrected chi connectivity index (χ1v) is 6.27. The number of aromatic nitrogens is 4. The smallest absolute Gasteiger partial charge is 0.197 e. The minimum atomic E-state index is 0.623. The molecule has 4 rings (SSSR count). The molecule has 3 aromatic heterocycles. The molecule has 0 bridgehead atoms. The van der Waals surface area contributed by atoms with Gasteiger partial charge in [-0.3, -0.25) is 5.10 Å². The van der Waals surface area contributed by atoms with Crippen molar-refractivity contribution in [1.29, 1.82) is 0 Å². The average Bonchev–Trinajstić information content (AvgIpc) is 2.75. The largest absolute Gasteiger partial charge is 0.351 e. The van der Waals surface area contributed by atoms with Crippen LogP contribution in [-0.4, -0.2) is 20.2 Å². The number of nitrogens with one attached hydrogen (secondary N) is 2. The van der Waals surface area contributed by atoms with E-state index in [4.69, 9.17) is 0 Å². The normalized spacial score (nSPS) is 16.0. The van der Waals surface area contributed by atoms with Crippen LogP contribution in [0.4, 0.5) is 0 Å². The van der Waals surface area contributed by atoms with Crippen LogP contribution in [0.5, 0.6) is 0 Å². The summed E-state index contributed by atoms with van der Waals surface area (Å²) in [6, 6.07) is 4.19. The van der Waals surface area contributed by atoms with Crippen molar-refractivity contribution in [2.45, 2.75) is 18.8 Å². The first-order valence-electron chi connectivity index (χ1n) is 5.39. The Morgan fingerprint density at radius 2 is 2.31 bits per heavy atom. The van der Waals surface area contributed by atoms with E-state index >= 15 is 0 Å². The van der Waals surface area contributed by atoms with Crippen molar-refractivity contribution < 1.29 is 0 Å². The van der Waals surface area contributed by atoms with Crippen molar-refractivity contribution in [2.24, 2.45) is 0 Å². The summed E-state index contributed by atoms with van der Waals surface area (Å²) in [5, 5.41) is 9.37. The van der Waals surface area contributed by atoms with Crippen molar-refractivity contribution in [3.8, 4) is 11.5 Å². The van der Waals surface area contributed by atoms with Crippen molar-refractivity contribution in [1.82, 2.24) is 20.2 Å². The second-order valence-electron chi connectivity index (χ2n) is 4.20. The van der Waals surface area contributed by atoms with E-state index in [1.54, 1.807) is 11.3 Å². The van der Waals surface area contributed by atoms with Gasteiger partial charge in [-0.1, -0.05) is 0 Å². The van der Waals surface area contributed by atoms with Crippen LogP contribution in [0.3, 0.4) is 0 Å². The molecule has 4 nitrogen and oxygen atoms in total. The highest BCUT2D eigenvalue weighted by molar-refractivity contribution is 7.17. The lowest BCUT2D eigenvalue weighted by atomic mass is 10.4. The van der Waals surface area contributed by atoms with Gasteiger partial charge in [-0.15, -0.1) is 11.3 Å². The highest BCUT2D eigenvalue weighted by Gasteiger charge is 2.27. The molecule has 1 aliphatic rings.